The van der Waals surface area contributed by atoms with Crippen LogP contribution in [0.15, 0.2) is 53.5 Å². The maximum atomic E-state index is 12.8. The van der Waals surface area contributed by atoms with E-state index in [1.165, 1.54) is 16.8 Å². The predicted molar refractivity (Wildman–Crippen MR) is 115 cm³/mol. The molecule has 1 N–H and O–H groups in total. The average Bonchev–Trinajstić information content (AvgIpc) is 2.71. The van der Waals surface area contributed by atoms with Gasteiger partial charge >= 0.3 is 5.97 Å². The molecule has 3 aromatic rings. The van der Waals surface area contributed by atoms with Gasteiger partial charge in [-0.05, 0) is 43.3 Å². The van der Waals surface area contributed by atoms with Crippen molar-refractivity contribution in [3.63, 3.8) is 0 Å². The van der Waals surface area contributed by atoms with E-state index >= 15 is 0 Å². The van der Waals surface area contributed by atoms with Crippen molar-refractivity contribution in [1.29, 1.82) is 0 Å². The van der Waals surface area contributed by atoms with E-state index in [1.54, 1.807) is 43.3 Å². The van der Waals surface area contributed by atoms with Gasteiger partial charge in [0.2, 0.25) is 5.91 Å². The molecule has 2 aromatic carbocycles. The van der Waals surface area contributed by atoms with Gasteiger partial charge in [0.15, 0.2) is 6.61 Å². The minimum atomic E-state index is -0.498. The Morgan fingerprint density at radius 2 is 1.87 bits per heavy atom. The van der Waals surface area contributed by atoms with Crippen molar-refractivity contribution in [1.82, 2.24) is 4.57 Å². The largest absolute Gasteiger partial charge is 0.481 e. The molecule has 7 nitrogen and oxygen atoms in total. The summed E-state index contributed by atoms with van der Waals surface area (Å²) < 4.78 is 11.6. The molecule has 9 heteroatoms. The number of ether oxygens (including phenoxy) is 2. The molecule has 1 amide bonds. The average molecular weight is 449 g/mol. The number of aromatic nitrogens is 1. The molecule has 0 aliphatic heterocycles. The molecule has 0 saturated heterocycles. The lowest BCUT2D eigenvalue weighted by Gasteiger charge is -2.11. The Balaban J connectivity index is 1.78. The lowest BCUT2D eigenvalue weighted by Crippen LogP contribution is -2.27. The fourth-order valence-electron chi connectivity index (χ4n) is 2.81. The third-order valence-corrected chi connectivity index (χ3v) is 4.89. The summed E-state index contributed by atoms with van der Waals surface area (Å²) in [6.07, 6.45) is 1.50. The van der Waals surface area contributed by atoms with E-state index in [0.29, 0.717) is 32.3 Å². The summed E-state index contributed by atoms with van der Waals surface area (Å²) in [5.74, 6) is -0.517. The number of esters is 1. The van der Waals surface area contributed by atoms with Gasteiger partial charge in [-0.15, -0.1) is 0 Å². The zero-order chi connectivity index (χ0) is 21.7. The fraction of sp³-hybridized carbons (Fsp3) is 0.190. The maximum absolute atomic E-state index is 12.8. The van der Waals surface area contributed by atoms with Crippen molar-refractivity contribution >= 4 is 51.5 Å². The summed E-state index contributed by atoms with van der Waals surface area (Å²) in [7, 11) is 0. The first-order chi connectivity index (χ1) is 14.4. The van der Waals surface area contributed by atoms with Crippen LogP contribution in [0.25, 0.3) is 10.8 Å². The molecular weight excluding hydrogens is 431 g/mol. The number of hydrogen-bond acceptors (Lipinski definition) is 5. The molecule has 0 fully saturated rings. The molecule has 3 rings (SSSR count). The van der Waals surface area contributed by atoms with Crippen LogP contribution < -0.4 is 15.6 Å². The number of hydrogen-bond donors (Lipinski definition) is 1. The van der Waals surface area contributed by atoms with Crippen molar-refractivity contribution in [2.24, 2.45) is 0 Å². The zero-order valence-corrected chi connectivity index (χ0v) is 17.5. The van der Waals surface area contributed by atoms with E-state index in [-0.39, 0.29) is 25.3 Å². The summed E-state index contributed by atoms with van der Waals surface area (Å²) in [6, 6.07) is 11.3. The van der Waals surface area contributed by atoms with Crippen LogP contribution in [0.2, 0.25) is 10.0 Å². The van der Waals surface area contributed by atoms with Gasteiger partial charge in [-0.1, -0.05) is 29.3 Å². The topological polar surface area (TPSA) is 86.6 Å². The SMILES string of the molecule is CCOC(=O)COc1cccc2c(=O)n(CC(=O)Nc3ccc(Cl)c(Cl)c3)ccc12. The van der Waals surface area contributed by atoms with Gasteiger partial charge < -0.3 is 19.4 Å². The zero-order valence-electron chi connectivity index (χ0n) is 16.0. The summed E-state index contributed by atoms with van der Waals surface area (Å²) in [5.41, 5.74) is 0.108. The Bertz CT molecular complexity index is 1160. The number of carbonyl (C=O) groups is 2. The van der Waals surface area contributed by atoms with E-state index in [0.717, 1.165) is 0 Å². The first kappa shape index (κ1) is 21.7. The highest BCUT2D eigenvalue weighted by Crippen LogP contribution is 2.25. The molecule has 0 unspecified atom stereocenters. The molecule has 0 radical (unpaired) electrons. The molecule has 1 aromatic heterocycles. The molecule has 0 aliphatic carbocycles. The van der Waals surface area contributed by atoms with Gasteiger partial charge in [-0.3, -0.25) is 9.59 Å². The Morgan fingerprint density at radius 3 is 2.60 bits per heavy atom. The van der Waals surface area contributed by atoms with E-state index < -0.39 is 11.9 Å². The highest BCUT2D eigenvalue weighted by atomic mass is 35.5. The Labute approximate surface area is 182 Å². The lowest BCUT2D eigenvalue weighted by molar-refractivity contribution is -0.145. The number of rotatable bonds is 7. The summed E-state index contributed by atoms with van der Waals surface area (Å²) in [5, 5.41) is 4.26. The highest BCUT2D eigenvalue weighted by molar-refractivity contribution is 6.42. The van der Waals surface area contributed by atoms with Crippen LogP contribution in [-0.4, -0.2) is 29.7 Å². The van der Waals surface area contributed by atoms with Gasteiger partial charge in [-0.25, -0.2) is 4.79 Å². The maximum Gasteiger partial charge on any atom is 0.344 e. The number of carbonyl (C=O) groups excluding carboxylic acids is 2. The molecular formula is C21H18Cl2N2O5. The molecule has 0 saturated carbocycles. The van der Waals surface area contributed by atoms with Crippen LogP contribution >= 0.6 is 23.2 Å². The van der Waals surface area contributed by atoms with Gasteiger partial charge in [-0.2, -0.15) is 0 Å². The smallest absolute Gasteiger partial charge is 0.344 e. The Morgan fingerprint density at radius 1 is 1.07 bits per heavy atom. The second kappa shape index (κ2) is 9.65. The molecule has 30 heavy (non-hydrogen) atoms. The fourth-order valence-corrected chi connectivity index (χ4v) is 3.11. The first-order valence-electron chi connectivity index (χ1n) is 9.04. The Kier molecular flexibility index (Phi) is 6.97. The third kappa shape index (κ3) is 5.11. The van der Waals surface area contributed by atoms with Gasteiger partial charge in [0.1, 0.15) is 12.3 Å². The van der Waals surface area contributed by atoms with Crippen LogP contribution in [0.4, 0.5) is 5.69 Å². The van der Waals surface area contributed by atoms with Crippen molar-refractivity contribution in [2.75, 3.05) is 18.5 Å². The van der Waals surface area contributed by atoms with Crippen molar-refractivity contribution in [3.05, 3.63) is 69.1 Å². The van der Waals surface area contributed by atoms with Crippen LogP contribution in [0.3, 0.4) is 0 Å². The molecule has 156 valence electrons. The van der Waals surface area contributed by atoms with Crippen LogP contribution in [0.1, 0.15) is 6.92 Å². The van der Waals surface area contributed by atoms with Gasteiger partial charge in [0, 0.05) is 17.3 Å². The Hall–Kier alpha value is -3.03. The summed E-state index contributed by atoms with van der Waals surface area (Å²) in [6.45, 7) is 1.51. The number of amides is 1. The van der Waals surface area contributed by atoms with E-state index in [9.17, 15) is 14.4 Å². The van der Waals surface area contributed by atoms with E-state index in [1.807, 2.05) is 0 Å². The second-order valence-electron chi connectivity index (χ2n) is 6.24. The molecule has 0 aliphatic rings. The molecule has 0 bridgehead atoms. The molecule has 0 atom stereocenters. The van der Waals surface area contributed by atoms with E-state index in [2.05, 4.69) is 5.32 Å². The van der Waals surface area contributed by atoms with E-state index in [4.69, 9.17) is 32.7 Å². The van der Waals surface area contributed by atoms with Crippen molar-refractivity contribution in [2.45, 2.75) is 13.5 Å². The number of benzene rings is 2. The standard InChI is InChI=1S/C21H18Cl2N2O5/c1-2-29-20(27)12-30-18-5-3-4-15-14(18)8-9-25(21(15)28)11-19(26)24-13-6-7-16(22)17(23)10-13/h3-10H,2,11-12H2,1H3,(H,24,26). The number of anilines is 1. The number of fused-ring (bicyclic) bond motifs is 1. The van der Waals surface area contributed by atoms with Gasteiger partial charge in [0.05, 0.1) is 22.0 Å². The number of halogens is 2. The minimum absolute atomic E-state index is 0.192. The van der Waals surface area contributed by atoms with Crippen LogP contribution in [-0.2, 0) is 20.9 Å². The van der Waals surface area contributed by atoms with Crippen molar-refractivity contribution < 1.29 is 19.1 Å². The van der Waals surface area contributed by atoms with Crippen LogP contribution in [0, 0.1) is 0 Å². The summed E-state index contributed by atoms with van der Waals surface area (Å²) >= 11 is 11.8. The highest BCUT2D eigenvalue weighted by Gasteiger charge is 2.12. The quantitative estimate of drug-likeness (QED) is 0.554. The molecule has 0 spiro atoms. The normalized spacial score (nSPS) is 10.6. The third-order valence-electron chi connectivity index (χ3n) is 4.15. The number of nitrogens with zero attached hydrogens (tertiary/aromatic N) is 1. The predicted octanol–water partition coefficient (Wildman–Crippen LogP) is 3.89. The monoisotopic (exact) mass is 448 g/mol. The minimum Gasteiger partial charge on any atom is -0.481 e. The number of pyridine rings is 1. The van der Waals surface area contributed by atoms with Gasteiger partial charge in [0.25, 0.3) is 5.56 Å². The lowest BCUT2D eigenvalue weighted by atomic mass is 10.1. The van der Waals surface area contributed by atoms with Crippen molar-refractivity contribution in [3.8, 4) is 5.75 Å². The molecule has 1 heterocycles. The van der Waals surface area contributed by atoms with Crippen LogP contribution in [0.5, 0.6) is 5.75 Å². The summed E-state index contributed by atoms with van der Waals surface area (Å²) in [4.78, 5) is 36.7. The number of nitrogens with one attached hydrogen (secondary N) is 1. The first-order valence-corrected chi connectivity index (χ1v) is 9.80. The second-order valence-corrected chi connectivity index (χ2v) is 7.05.